The number of imidazole rings is 1. The van der Waals surface area contributed by atoms with E-state index in [-0.39, 0.29) is 6.10 Å². The Morgan fingerprint density at radius 2 is 2.13 bits per heavy atom. The molecular formula is C23H23Cl2N3O3. The summed E-state index contributed by atoms with van der Waals surface area (Å²) in [5.41, 5.74) is 3.40. The van der Waals surface area contributed by atoms with Crippen molar-refractivity contribution in [2.75, 3.05) is 19.8 Å². The lowest BCUT2D eigenvalue weighted by Gasteiger charge is -2.30. The number of nitrogens with zero attached hydrogens (tertiary/aromatic N) is 2. The van der Waals surface area contributed by atoms with Crippen LogP contribution >= 0.6 is 23.2 Å². The van der Waals surface area contributed by atoms with Crippen molar-refractivity contribution < 1.29 is 14.2 Å². The normalized spacial score (nSPS) is 23.0. The van der Waals surface area contributed by atoms with Crippen LogP contribution in [0.5, 0.6) is 5.75 Å². The maximum atomic E-state index is 6.52. The topological polar surface area (TPSA) is 57.5 Å². The van der Waals surface area contributed by atoms with E-state index in [0.717, 1.165) is 30.8 Å². The number of rotatable bonds is 6. The zero-order valence-electron chi connectivity index (χ0n) is 16.9. The lowest BCUT2D eigenvalue weighted by atomic mass is 10.0. The number of halogens is 2. The zero-order valence-corrected chi connectivity index (χ0v) is 18.4. The van der Waals surface area contributed by atoms with Gasteiger partial charge in [0.2, 0.25) is 5.79 Å². The van der Waals surface area contributed by atoms with Crippen molar-refractivity contribution >= 4 is 23.2 Å². The van der Waals surface area contributed by atoms with Crippen LogP contribution in [-0.4, -0.2) is 35.4 Å². The van der Waals surface area contributed by atoms with Gasteiger partial charge in [-0.15, -0.1) is 0 Å². The van der Waals surface area contributed by atoms with Crippen molar-refractivity contribution in [2.24, 2.45) is 0 Å². The van der Waals surface area contributed by atoms with Crippen molar-refractivity contribution in [3.05, 3.63) is 81.9 Å². The molecule has 2 aliphatic heterocycles. The summed E-state index contributed by atoms with van der Waals surface area (Å²) < 4.78 is 20.6. The van der Waals surface area contributed by atoms with Gasteiger partial charge in [-0.1, -0.05) is 35.3 Å². The van der Waals surface area contributed by atoms with Gasteiger partial charge in [0.15, 0.2) is 0 Å². The standard InChI is InChI=1S/C23H23Cl2N3O3/c24-18-2-4-21(22(25)10-18)23(14-28-8-7-27-15-28)30-13-20(31-23)12-29-19-3-1-17-11-26-6-5-16(17)9-19/h1-4,7-10,15,20,26H,5-6,11-14H2. The predicted octanol–water partition coefficient (Wildman–Crippen LogP) is 4.18. The zero-order chi connectivity index (χ0) is 21.3. The Hall–Kier alpha value is -2.09. The minimum Gasteiger partial charge on any atom is -0.491 e. The summed E-state index contributed by atoms with van der Waals surface area (Å²) in [5, 5.41) is 4.44. The largest absolute Gasteiger partial charge is 0.491 e. The number of nitrogens with one attached hydrogen (secondary N) is 1. The maximum absolute atomic E-state index is 6.52. The summed E-state index contributed by atoms with van der Waals surface area (Å²) >= 11 is 12.6. The van der Waals surface area contributed by atoms with Crippen LogP contribution in [0.2, 0.25) is 10.0 Å². The van der Waals surface area contributed by atoms with E-state index < -0.39 is 5.79 Å². The van der Waals surface area contributed by atoms with Gasteiger partial charge in [0, 0.05) is 29.5 Å². The molecular weight excluding hydrogens is 437 g/mol. The molecule has 6 nitrogen and oxygen atoms in total. The summed E-state index contributed by atoms with van der Waals surface area (Å²) in [7, 11) is 0. The lowest BCUT2D eigenvalue weighted by molar-refractivity contribution is -0.189. The van der Waals surface area contributed by atoms with Crippen molar-refractivity contribution in [1.29, 1.82) is 0 Å². The minimum atomic E-state index is -1.04. The molecule has 3 aromatic rings. The molecule has 1 N–H and O–H groups in total. The molecule has 1 aromatic heterocycles. The fourth-order valence-electron chi connectivity index (χ4n) is 4.11. The molecule has 162 valence electrons. The van der Waals surface area contributed by atoms with Crippen LogP contribution in [0.1, 0.15) is 16.7 Å². The van der Waals surface area contributed by atoms with Crippen molar-refractivity contribution in [3.63, 3.8) is 0 Å². The third kappa shape index (κ3) is 4.45. The Labute approximate surface area is 191 Å². The Morgan fingerprint density at radius 1 is 1.19 bits per heavy atom. The summed E-state index contributed by atoms with van der Waals surface area (Å²) in [4.78, 5) is 4.12. The third-order valence-corrected chi connectivity index (χ3v) is 6.20. The first-order chi connectivity index (χ1) is 15.1. The average Bonchev–Trinajstić information content (AvgIpc) is 3.43. The van der Waals surface area contributed by atoms with E-state index in [2.05, 4.69) is 22.4 Å². The Kier molecular flexibility index (Phi) is 5.91. The molecule has 2 aromatic carbocycles. The number of ether oxygens (including phenoxy) is 3. The lowest BCUT2D eigenvalue weighted by Crippen LogP contribution is -2.34. The van der Waals surface area contributed by atoms with Crippen LogP contribution in [0.3, 0.4) is 0 Å². The quantitative estimate of drug-likeness (QED) is 0.598. The Balaban J connectivity index is 1.33. The highest BCUT2D eigenvalue weighted by Crippen LogP contribution is 2.40. The first kappa shape index (κ1) is 20.8. The second-order valence-corrected chi connectivity index (χ2v) is 8.67. The summed E-state index contributed by atoms with van der Waals surface area (Å²) in [5.74, 6) is -0.196. The van der Waals surface area contributed by atoms with Gasteiger partial charge in [-0.3, -0.25) is 0 Å². The minimum absolute atomic E-state index is 0.243. The van der Waals surface area contributed by atoms with Crippen molar-refractivity contribution in [1.82, 2.24) is 14.9 Å². The molecule has 0 bridgehead atoms. The summed E-state index contributed by atoms with van der Waals surface area (Å²) in [6, 6.07) is 11.6. The number of hydrogen-bond donors (Lipinski definition) is 1. The molecule has 0 spiro atoms. The average molecular weight is 460 g/mol. The fourth-order valence-corrected chi connectivity index (χ4v) is 4.66. The highest BCUT2D eigenvalue weighted by molar-refractivity contribution is 6.35. The second kappa shape index (κ2) is 8.81. The highest BCUT2D eigenvalue weighted by atomic mass is 35.5. The van der Waals surface area contributed by atoms with Crippen LogP contribution < -0.4 is 10.1 Å². The van der Waals surface area contributed by atoms with Crippen molar-refractivity contribution in [2.45, 2.75) is 31.4 Å². The van der Waals surface area contributed by atoms with Gasteiger partial charge < -0.3 is 24.1 Å². The van der Waals surface area contributed by atoms with E-state index in [1.165, 1.54) is 11.1 Å². The highest BCUT2D eigenvalue weighted by Gasteiger charge is 2.45. The van der Waals surface area contributed by atoms with E-state index in [1.807, 2.05) is 22.9 Å². The Bertz CT molecular complexity index is 1060. The molecule has 8 heteroatoms. The summed E-state index contributed by atoms with van der Waals surface area (Å²) in [6.07, 6.45) is 6.08. The van der Waals surface area contributed by atoms with E-state index in [1.54, 1.807) is 24.7 Å². The van der Waals surface area contributed by atoms with E-state index in [4.69, 9.17) is 37.4 Å². The summed E-state index contributed by atoms with van der Waals surface area (Å²) in [6.45, 7) is 3.09. The number of fused-ring (bicyclic) bond motifs is 1. The molecule has 1 saturated heterocycles. The third-order valence-electron chi connectivity index (χ3n) is 5.65. The van der Waals surface area contributed by atoms with Crippen LogP contribution in [-0.2, 0) is 34.8 Å². The van der Waals surface area contributed by atoms with Gasteiger partial charge in [-0.05, 0) is 48.4 Å². The molecule has 1 fully saturated rings. The van der Waals surface area contributed by atoms with Gasteiger partial charge >= 0.3 is 0 Å². The van der Waals surface area contributed by atoms with Crippen LogP contribution in [0, 0.1) is 0 Å². The smallest absolute Gasteiger partial charge is 0.215 e. The SMILES string of the molecule is Clc1ccc(C2(Cn3ccnc3)OCC(COc3ccc4c(c3)CCNC4)O2)c(Cl)c1. The van der Waals surface area contributed by atoms with Crippen LogP contribution in [0.25, 0.3) is 0 Å². The molecule has 2 atom stereocenters. The van der Waals surface area contributed by atoms with Gasteiger partial charge in [0.25, 0.3) is 0 Å². The van der Waals surface area contributed by atoms with E-state index in [0.29, 0.717) is 29.8 Å². The monoisotopic (exact) mass is 459 g/mol. The van der Waals surface area contributed by atoms with E-state index >= 15 is 0 Å². The molecule has 0 amide bonds. The molecule has 0 radical (unpaired) electrons. The number of benzene rings is 2. The molecule has 0 saturated carbocycles. The molecule has 31 heavy (non-hydrogen) atoms. The molecule has 0 aliphatic carbocycles. The van der Waals surface area contributed by atoms with Gasteiger partial charge in [-0.25, -0.2) is 4.98 Å². The maximum Gasteiger partial charge on any atom is 0.215 e. The van der Waals surface area contributed by atoms with E-state index in [9.17, 15) is 0 Å². The second-order valence-electron chi connectivity index (χ2n) is 7.83. The molecule has 2 aliphatic rings. The fraction of sp³-hybridized carbons (Fsp3) is 0.348. The number of hydrogen-bond acceptors (Lipinski definition) is 5. The first-order valence-electron chi connectivity index (χ1n) is 10.3. The number of aromatic nitrogens is 2. The Morgan fingerprint density at radius 3 is 2.97 bits per heavy atom. The van der Waals surface area contributed by atoms with Crippen LogP contribution in [0.4, 0.5) is 0 Å². The van der Waals surface area contributed by atoms with Gasteiger partial charge in [0.05, 0.1) is 24.5 Å². The molecule has 2 unspecified atom stereocenters. The van der Waals surface area contributed by atoms with Gasteiger partial charge in [-0.2, -0.15) is 0 Å². The predicted molar refractivity (Wildman–Crippen MR) is 119 cm³/mol. The molecule has 3 heterocycles. The van der Waals surface area contributed by atoms with Crippen molar-refractivity contribution in [3.8, 4) is 5.75 Å². The van der Waals surface area contributed by atoms with Gasteiger partial charge in [0.1, 0.15) is 18.5 Å². The van der Waals surface area contributed by atoms with Crippen LogP contribution in [0.15, 0.2) is 55.1 Å². The molecule has 5 rings (SSSR count). The first-order valence-corrected chi connectivity index (χ1v) is 11.1.